The lowest BCUT2D eigenvalue weighted by molar-refractivity contribution is -0.642. The van der Waals surface area contributed by atoms with E-state index >= 15 is 0 Å². The zero-order chi connectivity index (χ0) is 20.3. The van der Waals surface area contributed by atoms with E-state index in [4.69, 9.17) is 28.9 Å². The van der Waals surface area contributed by atoms with Gasteiger partial charge in [0.05, 0.1) is 16.6 Å². The lowest BCUT2D eigenvalue weighted by Crippen LogP contribution is -2.40. The second kappa shape index (κ2) is 8.95. The molecule has 2 N–H and O–H groups in total. The Bertz CT molecular complexity index is 995. The Morgan fingerprint density at radius 2 is 1.82 bits per heavy atom. The molecular formula is C21H25Cl2N4O+. The molecule has 148 valence electrons. The fourth-order valence-corrected chi connectivity index (χ4v) is 3.70. The van der Waals surface area contributed by atoms with E-state index in [0.29, 0.717) is 21.6 Å². The highest BCUT2D eigenvalue weighted by Crippen LogP contribution is 2.23. The molecule has 3 rings (SSSR count). The maximum atomic E-state index is 12.8. The number of Topliss-reactive ketones (excluding diaryl/α,β-unsaturated/α-hetero) is 1. The molecule has 1 heterocycles. The molecule has 0 aliphatic rings. The maximum absolute atomic E-state index is 12.8. The standard InChI is InChI=1S/C21H24Cl2N4O/c1-3-25(4-2)11-12-26-18-7-5-6-8-19(18)27(21(26)24)14-20(28)15-9-10-16(22)17(23)13-15/h5-10,13,24H,3-4,11-12,14H2,1-2H3/p+1. The molecule has 0 saturated carbocycles. The van der Waals surface area contributed by atoms with E-state index < -0.39 is 0 Å². The number of para-hydroxylation sites is 2. The Kier molecular flexibility index (Phi) is 6.60. The second-order valence-electron chi connectivity index (χ2n) is 6.66. The molecule has 28 heavy (non-hydrogen) atoms. The van der Waals surface area contributed by atoms with Gasteiger partial charge in [0.1, 0.15) is 17.6 Å². The van der Waals surface area contributed by atoms with Crippen molar-refractivity contribution in [2.75, 3.05) is 25.4 Å². The molecule has 1 aromatic heterocycles. The van der Waals surface area contributed by atoms with E-state index in [1.54, 1.807) is 18.2 Å². The van der Waals surface area contributed by atoms with Gasteiger partial charge in [-0.05, 0) is 43.4 Å². The fraction of sp³-hybridized carbons (Fsp3) is 0.333. The van der Waals surface area contributed by atoms with Gasteiger partial charge in [-0.2, -0.15) is 0 Å². The van der Waals surface area contributed by atoms with Crippen LogP contribution in [0, 0.1) is 0 Å². The van der Waals surface area contributed by atoms with Gasteiger partial charge in [-0.1, -0.05) is 49.2 Å². The summed E-state index contributed by atoms with van der Waals surface area (Å²) < 4.78 is 3.94. The van der Waals surface area contributed by atoms with E-state index in [2.05, 4.69) is 23.3 Å². The van der Waals surface area contributed by atoms with Crippen LogP contribution in [0.5, 0.6) is 0 Å². The van der Waals surface area contributed by atoms with E-state index in [0.717, 1.165) is 37.2 Å². The van der Waals surface area contributed by atoms with Crippen LogP contribution in [0.1, 0.15) is 24.2 Å². The Labute approximate surface area is 175 Å². The molecule has 0 spiro atoms. The first-order valence-corrected chi connectivity index (χ1v) is 10.2. The van der Waals surface area contributed by atoms with Crippen molar-refractivity contribution in [3.8, 4) is 0 Å². The third-order valence-corrected chi connectivity index (χ3v) is 5.83. The topological polar surface area (TPSA) is 55.1 Å². The van der Waals surface area contributed by atoms with Crippen LogP contribution in [-0.2, 0) is 13.1 Å². The monoisotopic (exact) mass is 419 g/mol. The summed E-state index contributed by atoms with van der Waals surface area (Å²) in [6.45, 7) is 8.09. The van der Waals surface area contributed by atoms with Crippen molar-refractivity contribution in [1.29, 1.82) is 0 Å². The van der Waals surface area contributed by atoms with E-state index in [1.165, 1.54) is 0 Å². The summed E-state index contributed by atoms with van der Waals surface area (Å²) >= 11 is 12.0. The highest BCUT2D eigenvalue weighted by molar-refractivity contribution is 6.42. The highest BCUT2D eigenvalue weighted by Gasteiger charge is 2.23. The number of imidazole rings is 1. The Balaban J connectivity index is 1.93. The van der Waals surface area contributed by atoms with Gasteiger partial charge >= 0.3 is 5.95 Å². The zero-order valence-electron chi connectivity index (χ0n) is 16.2. The Morgan fingerprint density at radius 1 is 1.11 bits per heavy atom. The van der Waals surface area contributed by atoms with Crippen LogP contribution >= 0.6 is 23.2 Å². The number of ketones is 1. The minimum Gasteiger partial charge on any atom is -0.301 e. The highest BCUT2D eigenvalue weighted by atomic mass is 35.5. The number of nitrogen functional groups attached to an aromatic ring is 1. The number of nitrogens with two attached hydrogens (primary N) is 1. The third-order valence-electron chi connectivity index (χ3n) is 5.09. The quantitative estimate of drug-likeness (QED) is 0.442. The van der Waals surface area contributed by atoms with Crippen molar-refractivity contribution in [2.24, 2.45) is 0 Å². The molecule has 0 saturated heterocycles. The summed E-state index contributed by atoms with van der Waals surface area (Å²) in [6.07, 6.45) is 0. The molecule has 5 nitrogen and oxygen atoms in total. The largest absolute Gasteiger partial charge is 0.356 e. The number of halogens is 2. The predicted octanol–water partition coefficient (Wildman–Crippen LogP) is 4.04. The maximum Gasteiger partial charge on any atom is 0.356 e. The van der Waals surface area contributed by atoms with Crippen molar-refractivity contribution in [3.63, 3.8) is 0 Å². The number of likely N-dealkylation sites (N-methyl/N-ethyl adjacent to an activating group) is 1. The first-order chi connectivity index (χ1) is 13.5. The number of nitrogens with zero attached hydrogens (tertiary/aromatic N) is 3. The molecule has 7 heteroatoms. The molecule has 0 aliphatic carbocycles. The minimum atomic E-state index is -0.0677. The molecule has 0 amide bonds. The van der Waals surface area contributed by atoms with Crippen LogP contribution in [0.3, 0.4) is 0 Å². The summed E-state index contributed by atoms with van der Waals surface area (Å²) in [6, 6.07) is 12.9. The van der Waals surface area contributed by atoms with Gasteiger partial charge in [-0.15, -0.1) is 0 Å². The van der Waals surface area contributed by atoms with Crippen LogP contribution in [-0.4, -0.2) is 34.9 Å². The Morgan fingerprint density at radius 3 is 2.50 bits per heavy atom. The van der Waals surface area contributed by atoms with Gasteiger partial charge in [0.2, 0.25) is 0 Å². The van der Waals surface area contributed by atoms with Crippen LogP contribution in [0.2, 0.25) is 10.0 Å². The van der Waals surface area contributed by atoms with Gasteiger partial charge < -0.3 is 4.90 Å². The summed E-state index contributed by atoms with van der Waals surface area (Å²) in [4.78, 5) is 15.2. The molecule has 2 aromatic carbocycles. The van der Waals surface area contributed by atoms with Gasteiger partial charge in [0, 0.05) is 12.1 Å². The second-order valence-corrected chi connectivity index (χ2v) is 7.48. The third kappa shape index (κ3) is 4.17. The lowest BCUT2D eigenvalue weighted by Gasteiger charge is -2.17. The van der Waals surface area contributed by atoms with Crippen LogP contribution in [0.25, 0.3) is 11.0 Å². The summed E-state index contributed by atoms with van der Waals surface area (Å²) in [5, 5.41) is 0.797. The lowest BCUT2D eigenvalue weighted by atomic mass is 10.1. The SMILES string of the molecule is CCN(CC)CCn1c(N)[n+](CC(=O)c2ccc(Cl)c(Cl)c2)c2ccccc21. The molecule has 0 fully saturated rings. The predicted molar refractivity (Wildman–Crippen MR) is 115 cm³/mol. The average Bonchev–Trinajstić information content (AvgIpc) is 2.96. The van der Waals surface area contributed by atoms with Gasteiger partial charge in [0.25, 0.3) is 0 Å². The summed E-state index contributed by atoms with van der Waals surface area (Å²) in [5.74, 6) is 0.503. The van der Waals surface area contributed by atoms with Crippen molar-refractivity contribution in [2.45, 2.75) is 26.9 Å². The number of hydrogen-bond acceptors (Lipinski definition) is 3. The van der Waals surface area contributed by atoms with Crippen molar-refractivity contribution < 1.29 is 9.36 Å². The molecule has 0 aliphatic heterocycles. The smallest absolute Gasteiger partial charge is 0.301 e. The number of hydrogen-bond donors (Lipinski definition) is 1. The molecular weight excluding hydrogens is 395 g/mol. The fourth-order valence-electron chi connectivity index (χ4n) is 3.40. The molecule has 0 bridgehead atoms. The van der Waals surface area contributed by atoms with Gasteiger partial charge in [-0.25, -0.2) is 9.13 Å². The summed E-state index contributed by atoms with van der Waals surface area (Å²) in [7, 11) is 0. The van der Waals surface area contributed by atoms with Crippen molar-refractivity contribution >= 4 is 46.0 Å². The normalized spacial score (nSPS) is 11.5. The Hall–Kier alpha value is -2.08. The average molecular weight is 420 g/mol. The first kappa shape index (κ1) is 20.6. The van der Waals surface area contributed by atoms with Crippen LogP contribution < -0.4 is 10.3 Å². The van der Waals surface area contributed by atoms with Crippen molar-refractivity contribution in [1.82, 2.24) is 9.47 Å². The van der Waals surface area contributed by atoms with E-state index in [9.17, 15) is 4.79 Å². The summed E-state index contributed by atoms with van der Waals surface area (Å²) in [5.41, 5.74) is 8.95. The van der Waals surface area contributed by atoms with Crippen LogP contribution in [0.4, 0.5) is 5.95 Å². The molecule has 0 atom stereocenters. The number of anilines is 1. The number of fused-ring (bicyclic) bond motifs is 1. The van der Waals surface area contributed by atoms with Gasteiger partial charge in [-0.3, -0.25) is 10.5 Å². The number of benzene rings is 2. The van der Waals surface area contributed by atoms with E-state index in [-0.39, 0.29) is 12.3 Å². The van der Waals surface area contributed by atoms with Crippen LogP contribution in [0.15, 0.2) is 42.5 Å². The van der Waals surface area contributed by atoms with E-state index in [1.807, 2.05) is 28.8 Å². The van der Waals surface area contributed by atoms with Gasteiger partial charge in [0.15, 0.2) is 5.78 Å². The minimum absolute atomic E-state index is 0.0677. The number of rotatable bonds is 8. The number of carbonyl (C=O) groups excluding carboxylic acids is 1. The number of aromatic nitrogens is 2. The molecule has 3 aromatic rings. The zero-order valence-corrected chi connectivity index (χ0v) is 17.7. The van der Waals surface area contributed by atoms with Crippen molar-refractivity contribution in [3.05, 3.63) is 58.1 Å². The molecule has 0 radical (unpaired) electrons. The molecule has 0 unspecified atom stereocenters. The first-order valence-electron chi connectivity index (χ1n) is 9.43. The number of carbonyl (C=O) groups is 1.